The third kappa shape index (κ3) is 4.46. The lowest BCUT2D eigenvalue weighted by atomic mass is 10.0. The number of nitrogens with zero attached hydrogens (tertiary/aromatic N) is 1. The number of nitrogens with one attached hydrogen (secondary N) is 2. The highest BCUT2D eigenvalue weighted by Crippen LogP contribution is 2.40. The highest BCUT2D eigenvalue weighted by molar-refractivity contribution is 5.80. The van der Waals surface area contributed by atoms with Crippen LogP contribution in [0.3, 0.4) is 0 Å². The van der Waals surface area contributed by atoms with Gasteiger partial charge in [0.15, 0.2) is 5.96 Å². The van der Waals surface area contributed by atoms with E-state index in [0.29, 0.717) is 24.5 Å². The lowest BCUT2D eigenvalue weighted by molar-refractivity contribution is 0.203. The molecule has 0 bridgehead atoms. The van der Waals surface area contributed by atoms with Crippen molar-refractivity contribution >= 4 is 5.96 Å². The summed E-state index contributed by atoms with van der Waals surface area (Å²) in [5, 5.41) is 6.72. The summed E-state index contributed by atoms with van der Waals surface area (Å²) in [6.45, 7) is 5.92. The van der Waals surface area contributed by atoms with E-state index in [4.69, 9.17) is 4.74 Å². The van der Waals surface area contributed by atoms with Gasteiger partial charge in [-0.05, 0) is 23.5 Å². The molecule has 1 fully saturated rings. The van der Waals surface area contributed by atoms with Crippen LogP contribution < -0.4 is 10.6 Å². The van der Waals surface area contributed by atoms with Crippen molar-refractivity contribution in [2.24, 2.45) is 4.99 Å². The van der Waals surface area contributed by atoms with E-state index in [2.05, 4.69) is 53.7 Å². The van der Waals surface area contributed by atoms with E-state index in [1.807, 2.05) is 0 Å². The summed E-state index contributed by atoms with van der Waals surface area (Å²) in [4.78, 5) is 4.24. The highest BCUT2D eigenvalue weighted by atomic mass is 16.5. The molecule has 0 saturated heterocycles. The summed E-state index contributed by atoms with van der Waals surface area (Å²) in [5.74, 6) is 2.06. The fraction of sp³-hybridized carbons (Fsp3) is 0.588. The molecule has 1 aliphatic rings. The van der Waals surface area contributed by atoms with E-state index in [-0.39, 0.29) is 0 Å². The maximum atomic E-state index is 5.03. The average Bonchev–Trinajstić information content (AvgIpc) is 3.25. The molecule has 0 radical (unpaired) electrons. The predicted octanol–water partition coefficient (Wildman–Crippen LogP) is 2.48. The van der Waals surface area contributed by atoms with Gasteiger partial charge in [-0.2, -0.15) is 0 Å². The topological polar surface area (TPSA) is 45.7 Å². The maximum Gasteiger partial charge on any atom is 0.191 e. The molecule has 1 aromatic rings. The fourth-order valence-corrected chi connectivity index (χ4v) is 2.49. The number of ether oxygens (including phenoxy) is 1. The first kappa shape index (κ1) is 15.8. The minimum atomic E-state index is 0.489. The quantitative estimate of drug-likeness (QED) is 0.480. The van der Waals surface area contributed by atoms with Gasteiger partial charge in [0.05, 0.1) is 6.61 Å². The molecule has 0 aromatic heterocycles. The summed E-state index contributed by atoms with van der Waals surface area (Å²) in [7, 11) is 3.51. The maximum absolute atomic E-state index is 5.03. The summed E-state index contributed by atoms with van der Waals surface area (Å²) < 4.78 is 5.03. The molecule has 4 heteroatoms. The van der Waals surface area contributed by atoms with Gasteiger partial charge in [0.25, 0.3) is 0 Å². The summed E-state index contributed by atoms with van der Waals surface area (Å²) in [5.41, 5.74) is 2.82. The van der Waals surface area contributed by atoms with Gasteiger partial charge in [0.1, 0.15) is 0 Å². The van der Waals surface area contributed by atoms with Crippen molar-refractivity contribution in [3.05, 3.63) is 35.4 Å². The Balaban J connectivity index is 1.83. The van der Waals surface area contributed by atoms with Crippen molar-refractivity contribution in [3.8, 4) is 0 Å². The molecule has 116 valence electrons. The molecule has 2 unspecified atom stereocenters. The standard InChI is InChI=1S/C17H27N3O/c1-12(2)13-5-7-14(8-6-13)15-11-16(15)20-17(18-3)19-9-10-21-4/h5-8,12,15-16H,9-11H2,1-4H3,(H2,18,19,20). The largest absolute Gasteiger partial charge is 0.383 e. The van der Waals surface area contributed by atoms with Crippen molar-refractivity contribution in [1.82, 2.24) is 10.6 Å². The molecule has 21 heavy (non-hydrogen) atoms. The van der Waals surface area contributed by atoms with E-state index in [0.717, 1.165) is 12.5 Å². The molecule has 4 nitrogen and oxygen atoms in total. The Morgan fingerprint density at radius 2 is 2.05 bits per heavy atom. The van der Waals surface area contributed by atoms with Crippen molar-refractivity contribution in [2.75, 3.05) is 27.3 Å². The zero-order valence-electron chi connectivity index (χ0n) is 13.5. The zero-order valence-corrected chi connectivity index (χ0v) is 13.5. The van der Waals surface area contributed by atoms with E-state index >= 15 is 0 Å². The molecule has 1 aliphatic carbocycles. The SMILES string of the molecule is CN=C(NCCOC)NC1CC1c1ccc(C(C)C)cc1. The number of benzene rings is 1. The number of methoxy groups -OCH3 is 1. The van der Waals surface area contributed by atoms with Crippen LogP contribution in [0.25, 0.3) is 0 Å². The molecule has 0 aliphatic heterocycles. The van der Waals surface area contributed by atoms with E-state index < -0.39 is 0 Å². The zero-order chi connectivity index (χ0) is 15.2. The average molecular weight is 289 g/mol. The summed E-state index contributed by atoms with van der Waals surface area (Å²) in [6, 6.07) is 9.52. The second-order valence-corrected chi connectivity index (χ2v) is 5.91. The van der Waals surface area contributed by atoms with Crippen LogP contribution in [0, 0.1) is 0 Å². The Morgan fingerprint density at radius 1 is 1.33 bits per heavy atom. The molecule has 2 N–H and O–H groups in total. The monoisotopic (exact) mass is 289 g/mol. The van der Waals surface area contributed by atoms with Gasteiger partial charge in [-0.25, -0.2) is 0 Å². The smallest absolute Gasteiger partial charge is 0.191 e. The normalized spacial score (nSPS) is 21.5. The Kier molecular flexibility index (Phi) is 5.62. The van der Waals surface area contributed by atoms with Crippen LogP contribution in [0.15, 0.2) is 29.3 Å². The molecule has 1 saturated carbocycles. The van der Waals surface area contributed by atoms with Gasteiger partial charge in [-0.1, -0.05) is 38.1 Å². The Morgan fingerprint density at radius 3 is 2.62 bits per heavy atom. The van der Waals surface area contributed by atoms with Crippen LogP contribution in [0.5, 0.6) is 0 Å². The minimum Gasteiger partial charge on any atom is -0.383 e. The van der Waals surface area contributed by atoms with Crippen LogP contribution in [0.1, 0.15) is 43.2 Å². The Bertz CT molecular complexity index is 467. The lowest BCUT2D eigenvalue weighted by Gasteiger charge is -2.11. The first-order valence-corrected chi connectivity index (χ1v) is 7.71. The van der Waals surface area contributed by atoms with E-state index in [9.17, 15) is 0 Å². The molecule has 0 heterocycles. The van der Waals surface area contributed by atoms with Crippen LogP contribution in [-0.2, 0) is 4.74 Å². The van der Waals surface area contributed by atoms with Gasteiger partial charge in [-0.15, -0.1) is 0 Å². The van der Waals surface area contributed by atoms with Crippen LogP contribution in [-0.4, -0.2) is 39.3 Å². The molecule has 1 aromatic carbocycles. The van der Waals surface area contributed by atoms with Crippen molar-refractivity contribution in [3.63, 3.8) is 0 Å². The van der Waals surface area contributed by atoms with Crippen molar-refractivity contribution in [1.29, 1.82) is 0 Å². The van der Waals surface area contributed by atoms with E-state index in [1.54, 1.807) is 14.2 Å². The first-order chi connectivity index (χ1) is 10.2. The molecular weight excluding hydrogens is 262 g/mol. The third-order valence-electron chi connectivity index (χ3n) is 3.97. The number of guanidine groups is 1. The molecule has 0 spiro atoms. The third-order valence-corrected chi connectivity index (χ3v) is 3.97. The first-order valence-electron chi connectivity index (χ1n) is 7.71. The van der Waals surface area contributed by atoms with Crippen molar-refractivity contribution in [2.45, 2.75) is 38.1 Å². The number of rotatable bonds is 6. The minimum absolute atomic E-state index is 0.489. The number of hydrogen-bond acceptors (Lipinski definition) is 2. The molecule has 0 amide bonds. The van der Waals surface area contributed by atoms with Crippen LogP contribution >= 0.6 is 0 Å². The molecular formula is C17H27N3O. The second-order valence-electron chi connectivity index (χ2n) is 5.91. The van der Waals surface area contributed by atoms with Gasteiger partial charge in [0, 0.05) is 32.7 Å². The molecule has 2 atom stereocenters. The highest BCUT2D eigenvalue weighted by Gasteiger charge is 2.38. The van der Waals surface area contributed by atoms with Gasteiger partial charge < -0.3 is 15.4 Å². The lowest BCUT2D eigenvalue weighted by Crippen LogP contribution is -2.40. The van der Waals surface area contributed by atoms with Gasteiger partial charge in [-0.3, -0.25) is 4.99 Å². The Hall–Kier alpha value is -1.55. The Labute approximate surface area is 128 Å². The molecule has 2 rings (SSSR count). The summed E-state index contributed by atoms with van der Waals surface area (Å²) >= 11 is 0. The number of aliphatic imine (C=N–C) groups is 1. The second kappa shape index (κ2) is 7.46. The van der Waals surface area contributed by atoms with Crippen LogP contribution in [0.4, 0.5) is 0 Å². The number of hydrogen-bond donors (Lipinski definition) is 2. The fourth-order valence-electron chi connectivity index (χ4n) is 2.49. The predicted molar refractivity (Wildman–Crippen MR) is 88.1 cm³/mol. The van der Waals surface area contributed by atoms with Crippen molar-refractivity contribution < 1.29 is 4.74 Å². The van der Waals surface area contributed by atoms with Gasteiger partial charge in [0.2, 0.25) is 0 Å². The van der Waals surface area contributed by atoms with E-state index in [1.165, 1.54) is 17.5 Å². The summed E-state index contributed by atoms with van der Waals surface area (Å²) in [6.07, 6.45) is 1.17. The van der Waals surface area contributed by atoms with Gasteiger partial charge >= 0.3 is 0 Å². The van der Waals surface area contributed by atoms with Crippen LogP contribution in [0.2, 0.25) is 0 Å².